The molecule has 0 radical (unpaired) electrons. The van der Waals surface area contributed by atoms with Crippen LogP contribution in [0.2, 0.25) is 0 Å². The van der Waals surface area contributed by atoms with Gasteiger partial charge in [-0.05, 0) is 55.0 Å². The molecule has 4 rings (SSSR count). The predicted molar refractivity (Wildman–Crippen MR) is 143 cm³/mol. The monoisotopic (exact) mass is 539 g/mol. The van der Waals surface area contributed by atoms with E-state index in [9.17, 15) is 18.0 Å². The van der Waals surface area contributed by atoms with Gasteiger partial charge in [-0.3, -0.25) is 14.3 Å². The lowest BCUT2D eigenvalue weighted by Gasteiger charge is -2.25. The molecule has 11 heteroatoms. The van der Waals surface area contributed by atoms with E-state index in [1.54, 1.807) is 20.0 Å². The van der Waals surface area contributed by atoms with Gasteiger partial charge < -0.3 is 9.64 Å². The minimum Gasteiger partial charge on any atom is -0.475 e. The zero-order valence-corrected chi connectivity index (χ0v) is 23.5. The summed E-state index contributed by atoms with van der Waals surface area (Å²) in [5, 5.41) is 3.75. The van der Waals surface area contributed by atoms with Crippen LogP contribution in [-0.2, 0) is 26.8 Å². The molecule has 202 valence electrons. The van der Waals surface area contributed by atoms with E-state index in [1.807, 2.05) is 45.0 Å². The molecule has 0 aliphatic carbocycles. The van der Waals surface area contributed by atoms with Crippen molar-refractivity contribution in [2.45, 2.75) is 57.5 Å². The highest BCUT2D eigenvalue weighted by molar-refractivity contribution is 7.90. The number of nitrogens with zero attached hydrogens (tertiary/aromatic N) is 4. The van der Waals surface area contributed by atoms with Crippen molar-refractivity contribution in [1.82, 2.24) is 24.4 Å². The molecule has 1 aliphatic rings. The number of carbonyl (C=O) groups is 2. The molecule has 2 aromatic heterocycles. The van der Waals surface area contributed by atoms with Crippen LogP contribution >= 0.6 is 0 Å². The van der Waals surface area contributed by atoms with Crippen molar-refractivity contribution in [1.29, 1.82) is 0 Å². The van der Waals surface area contributed by atoms with Crippen molar-refractivity contribution in [2.75, 3.05) is 20.7 Å². The molecule has 4 bridgehead atoms. The van der Waals surface area contributed by atoms with E-state index in [0.29, 0.717) is 11.4 Å². The van der Waals surface area contributed by atoms with Crippen molar-refractivity contribution in [3.63, 3.8) is 0 Å². The van der Waals surface area contributed by atoms with Gasteiger partial charge in [0, 0.05) is 32.6 Å². The Hall–Kier alpha value is -3.73. The molecule has 0 saturated heterocycles. The Labute approximate surface area is 223 Å². The summed E-state index contributed by atoms with van der Waals surface area (Å²) in [5.74, 6) is -0.833. The molecule has 38 heavy (non-hydrogen) atoms. The van der Waals surface area contributed by atoms with Crippen LogP contribution in [0.25, 0.3) is 11.1 Å². The van der Waals surface area contributed by atoms with Crippen LogP contribution in [-0.4, -0.2) is 60.6 Å². The number of benzene rings is 1. The number of hydrogen-bond acceptors (Lipinski definition) is 7. The molecule has 0 saturated carbocycles. The van der Waals surface area contributed by atoms with E-state index in [-0.39, 0.29) is 24.5 Å². The van der Waals surface area contributed by atoms with Gasteiger partial charge in [0.2, 0.25) is 16.8 Å². The summed E-state index contributed by atoms with van der Waals surface area (Å²) in [5.41, 5.74) is 3.25. The number of rotatable bonds is 2. The summed E-state index contributed by atoms with van der Waals surface area (Å²) in [6, 6.07) is 7.63. The molecule has 1 aliphatic heterocycles. The second kappa shape index (κ2) is 9.86. The highest BCUT2D eigenvalue weighted by atomic mass is 32.2. The van der Waals surface area contributed by atoms with Crippen molar-refractivity contribution in [2.24, 2.45) is 0 Å². The molecule has 1 N–H and O–H groups in total. The maximum absolute atomic E-state index is 13.4. The third-order valence-corrected chi connectivity index (χ3v) is 7.75. The highest BCUT2D eigenvalue weighted by Gasteiger charge is 2.34. The average Bonchev–Trinajstić information content (AvgIpc) is 3.30. The second-order valence-corrected chi connectivity index (χ2v) is 12.3. The van der Waals surface area contributed by atoms with Gasteiger partial charge >= 0.3 is 0 Å². The van der Waals surface area contributed by atoms with Crippen LogP contribution in [0.4, 0.5) is 0 Å². The summed E-state index contributed by atoms with van der Waals surface area (Å²) in [6.45, 7) is 9.71. The molecule has 3 aromatic rings. The SMILES string of the molecule is Cc1cc2c(c(C(C)C)c1)CC(=O)NS(=O)(=O)c1nn(cc1C(=O)N(C)C)C(C)(C)COc1cc-2ccn1. The van der Waals surface area contributed by atoms with E-state index >= 15 is 0 Å². The number of nitrogens with one attached hydrogen (secondary N) is 1. The first-order valence-electron chi connectivity index (χ1n) is 12.3. The molecular weight excluding hydrogens is 506 g/mol. The van der Waals surface area contributed by atoms with Gasteiger partial charge in [-0.1, -0.05) is 31.5 Å². The van der Waals surface area contributed by atoms with Gasteiger partial charge in [-0.2, -0.15) is 13.5 Å². The van der Waals surface area contributed by atoms with E-state index in [1.165, 1.54) is 29.9 Å². The third kappa shape index (κ3) is 5.28. The number of aromatic nitrogens is 3. The fourth-order valence-corrected chi connectivity index (χ4v) is 5.53. The topological polar surface area (TPSA) is 123 Å². The largest absolute Gasteiger partial charge is 0.475 e. The second-order valence-electron chi connectivity index (χ2n) is 10.7. The Morgan fingerprint density at radius 3 is 2.58 bits per heavy atom. The molecule has 0 atom stereocenters. The van der Waals surface area contributed by atoms with Gasteiger partial charge in [0.05, 0.1) is 17.5 Å². The summed E-state index contributed by atoms with van der Waals surface area (Å²) < 4.78 is 36.5. The highest BCUT2D eigenvalue weighted by Crippen LogP contribution is 2.34. The summed E-state index contributed by atoms with van der Waals surface area (Å²) in [7, 11) is -1.45. The van der Waals surface area contributed by atoms with Crippen molar-refractivity contribution >= 4 is 21.8 Å². The first-order chi connectivity index (χ1) is 17.7. The average molecular weight is 540 g/mol. The number of fused-ring (bicyclic) bond motifs is 6. The maximum atomic E-state index is 13.4. The first-order valence-corrected chi connectivity index (χ1v) is 13.8. The molecular formula is C27H33N5O5S. The van der Waals surface area contributed by atoms with Crippen molar-refractivity contribution in [3.05, 3.63) is 58.9 Å². The Morgan fingerprint density at radius 1 is 1.21 bits per heavy atom. The van der Waals surface area contributed by atoms with Gasteiger partial charge in [-0.25, -0.2) is 9.71 Å². The summed E-state index contributed by atoms with van der Waals surface area (Å²) in [4.78, 5) is 31.8. The van der Waals surface area contributed by atoms with Crippen LogP contribution in [0.5, 0.6) is 5.88 Å². The minimum absolute atomic E-state index is 0.0773. The van der Waals surface area contributed by atoms with Gasteiger partial charge in [0.1, 0.15) is 6.61 Å². The van der Waals surface area contributed by atoms with Crippen LogP contribution < -0.4 is 9.46 Å². The van der Waals surface area contributed by atoms with E-state index in [0.717, 1.165) is 22.3 Å². The van der Waals surface area contributed by atoms with Crippen LogP contribution in [0, 0.1) is 6.92 Å². The minimum atomic E-state index is -4.48. The molecule has 10 nitrogen and oxygen atoms in total. The van der Waals surface area contributed by atoms with Gasteiger partial charge in [0.15, 0.2) is 0 Å². The quantitative estimate of drug-likeness (QED) is 0.530. The zero-order valence-electron chi connectivity index (χ0n) is 22.7. The standard InChI is InChI=1S/C27H33N5O5S/c1-16(2)19-10-17(3)11-20-18-8-9-28-24(12-18)37-15-27(4,5)32-14-22(26(34)31(6)7)25(29-32)38(35,36)30-23(33)13-21(19)20/h8-12,14,16H,13,15H2,1-7H3,(H,30,33). The lowest BCUT2D eigenvalue weighted by atomic mass is 9.87. The maximum Gasteiger partial charge on any atom is 0.284 e. The Morgan fingerprint density at radius 2 is 1.92 bits per heavy atom. The zero-order chi connectivity index (χ0) is 28.0. The number of aryl methyl sites for hydroxylation is 1. The Balaban J connectivity index is 1.95. The van der Waals surface area contributed by atoms with Gasteiger partial charge in [0.25, 0.3) is 15.9 Å². The van der Waals surface area contributed by atoms with Crippen molar-refractivity contribution in [3.8, 4) is 17.0 Å². The molecule has 0 unspecified atom stereocenters. The fourth-order valence-electron chi connectivity index (χ4n) is 4.44. The Kier molecular flexibility index (Phi) is 7.09. The third-order valence-electron chi connectivity index (χ3n) is 6.45. The first kappa shape index (κ1) is 27.3. The lowest BCUT2D eigenvalue weighted by molar-refractivity contribution is -0.118. The fraction of sp³-hybridized carbons (Fsp3) is 0.407. The van der Waals surface area contributed by atoms with Crippen LogP contribution in [0.1, 0.15) is 60.7 Å². The van der Waals surface area contributed by atoms with E-state index < -0.39 is 32.4 Å². The summed E-state index contributed by atoms with van der Waals surface area (Å²) >= 11 is 0. The molecule has 3 heterocycles. The summed E-state index contributed by atoms with van der Waals surface area (Å²) in [6.07, 6.45) is 2.82. The van der Waals surface area contributed by atoms with E-state index in [4.69, 9.17) is 4.74 Å². The number of pyridine rings is 1. The van der Waals surface area contributed by atoms with Crippen LogP contribution in [0.15, 0.2) is 41.7 Å². The van der Waals surface area contributed by atoms with Crippen LogP contribution in [0.3, 0.4) is 0 Å². The number of sulfonamides is 1. The lowest BCUT2D eigenvalue weighted by Crippen LogP contribution is -2.35. The number of carbonyl (C=O) groups excluding carboxylic acids is 2. The number of amides is 2. The van der Waals surface area contributed by atoms with Gasteiger partial charge in [-0.15, -0.1) is 0 Å². The molecule has 0 spiro atoms. The number of hydrogen-bond donors (Lipinski definition) is 1. The normalized spacial score (nSPS) is 16.5. The van der Waals surface area contributed by atoms with E-state index in [2.05, 4.69) is 14.8 Å². The molecule has 1 aromatic carbocycles. The molecule has 2 amide bonds. The smallest absolute Gasteiger partial charge is 0.284 e. The predicted octanol–water partition coefficient (Wildman–Crippen LogP) is 3.25. The number of ether oxygens (including phenoxy) is 1. The molecule has 0 fully saturated rings. The Bertz CT molecular complexity index is 1520. The van der Waals surface area contributed by atoms with Crippen molar-refractivity contribution < 1.29 is 22.7 Å².